The second kappa shape index (κ2) is 9.55. The Morgan fingerprint density at radius 1 is 1.03 bits per heavy atom. The Balaban J connectivity index is 1.20. The van der Waals surface area contributed by atoms with Crippen LogP contribution in [0.4, 0.5) is 0 Å². The summed E-state index contributed by atoms with van der Waals surface area (Å²) < 4.78 is 5.54. The minimum Gasteiger partial charge on any atom is -0.357 e. The molecular formula is C26H28N6O5. The number of nitrogens with zero attached hydrogens (tertiary/aromatic N) is 4. The van der Waals surface area contributed by atoms with Crippen LogP contribution in [0.1, 0.15) is 55.9 Å². The van der Waals surface area contributed by atoms with E-state index in [4.69, 9.17) is 4.52 Å². The van der Waals surface area contributed by atoms with E-state index >= 15 is 0 Å². The van der Waals surface area contributed by atoms with E-state index in [1.807, 2.05) is 12.1 Å². The third-order valence-electron chi connectivity index (χ3n) is 7.63. The zero-order chi connectivity index (χ0) is 25.5. The van der Waals surface area contributed by atoms with Crippen LogP contribution < -0.4 is 10.6 Å². The van der Waals surface area contributed by atoms with Gasteiger partial charge in [0.05, 0.1) is 6.54 Å². The molecule has 0 radical (unpaired) electrons. The lowest BCUT2D eigenvalue weighted by Gasteiger charge is -2.29. The van der Waals surface area contributed by atoms with Crippen LogP contribution in [0.2, 0.25) is 0 Å². The lowest BCUT2D eigenvalue weighted by Crippen LogP contribution is -2.55. The van der Waals surface area contributed by atoms with Crippen LogP contribution >= 0.6 is 0 Å². The standard InChI is InChI=1S/C26H28N6O5/c33-20-7-6-19(24(34)28-20)32-25(35)18-5-2-12-31(22(18)26(32)36)14-21-29-23(30-37-21)17-4-1-3-16(13-17)15-8-10-27-11-9-15/h1,3-4,13,15,19,27H,2,5-12,14H2,(H,28,33,34). The summed E-state index contributed by atoms with van der Waals surface area (Å²) in [5.74, 6) is -0.647. The van der Waals surface area contributed by atoms with E-state index in [0.29, 0.717) is 42.6 Å². The van der Waals surface area contributed by atoms with Crippen molar-refractivity contribution in [2.75, 3.05) is 19.6 Å². The molecule has 1 unspecified atom stereocenters. The van der Waals surface area contributed by atoms with Crippen LogP contribution in [0, 0.1) is 0 Å². The highest BCUT2D eigenvalue weighted by molar-refractivity contribution is 6.21. The Kier molecular flexibility index (Phi) is 6.07. The highest BCUT2D eigenvalue weighted by atomic mass is 16.5. The molecule has 5 heterocycles. The molecule has 1 atom stereocenters. The van der Waals surface area contributed by atoms with E-state index in [2.05, 4.69) is 32.9 Å². The Morgan fingerprint density at radius 3 is 2.68 bits per heavy atom. The summed E-state index contributed by atoms with van der Waals surface area (Å²) in [5, 5.41) is 9.80. The maximum absolute atomic E-state index is 13.4. The SMILES string of the molecule is O=C1CCC(N2C(=O)C3=C(C2=O)N(Cc2nc(-c4cccc(C5CCNCC5)c4)no2)CCC3)C(=O)N1. The molecule has 4 aliphatic rings. The molecule has 4 amide bonds. The lowest BCUT2D eigenvalue weighted by molar-refractivity contribution is -0.150. The van der Waals surface area contributed by atoms with Crippen LogP contribution in [0.25, 0.3) is 11.4 Å². The van der Waals surface area contributed by atoms with Crippen molar-refractivity contribution < 1.29 is 23.7 Å². The van der Waals surface area contributed by atoms with Gasteiger partial charge in [0.15, 0.2) is 0 Å². The predicted octanol–water partition coefficient (Wildman–Crippen LogP) is 1.23. The van der Waals surface area contributed by atoms with Gasteiger partial charge in [-0.25, -0.2) is 0 Å². The molecule has 192 valence electrons. The van der Waals surface area contributed by atoms with Crippen LogP contribution in [0.3, 0.4) is 0 Å². The van der Waals surface area contributed by atoms with Gasteiger partial charge in [-0.1, -0.05) is 23.4 Å². The number of benzene rings is 1. The van der Waals surface area contributed by atoms with Gasteiger partial charge in [-0.05, 0) is 62.7 Å². The van der Waals surface area contributed by atoms with Gasteiger partial charge in [0.1, 0.15) is 11.7 Å². The Bertz CT molecular complexity index is 1310. The van der Waals surface area contributed by atoms with Crippen molar-refractivity contribution in [2.45, 2.75) is 57.0 Å². The van der Waals surface area contributed by atoms with E-state index < -0.39 is 29.7 Å². The fourth-order valence-electron chi connectivity index (χ4n) is 5.75. The largest absolute Gasteiger partial charge is 0.357 e. The molecule has 0 aliphatic carbocycles. The summed E-state index contributed by atoms with van der Waals surface area (Å²) in [6, 6.07) is 7.24. The number of imide groups is 2. The monoisotopic (exact) mass is 504 g/mol. The van der Waals surface area contributed by atoms with E-state index in [1.165, 1.54) is 5.56 Å². The highest BCUT2D eigenvalue weighted by Gasteiger charge is 2.48. The van der Waals surface area contributed by atoms with Crippen molar-refractivity contribution in [3.63, 3.8) is 0 Å². The molecule has 4 aliphatic heterocycles. The Hall–Kier alpha value is -3.86. The van der Waals surface area contributed by atoms with Gasteiger partial charge in [0, 0.05) is 24.1 Å². The van der Waals surface area contributed by atoms with Crippen molar-refractivity contribution in [3.05, 3.63) is 47.0 Å². The maximum Gasteiger partial charge on any atom is 0.278 e. The number of amides is 4. The molecule has 1 aromatic carbocycles. The number of rotatable bonds is 5. The molecule has 0 saturated carbocycles. The van der Waals surface area contributed by atoms with Gasteiger partial charge < -0.3 is 14.7 Å². The molecule has 2 fully saturated rings. The second-order valence-electron chi connectivity index (χ2n) is 9.96. The van der Waals surface area contributed by atoms with Gasteiger partial charge in [-0.15, -0.1) is 0 Å². The molecule has 0 bridgehead atoms. The van der Waals surface area contributed by atoms with Crippen molar-refractivity contribution >= 4 is 23.6 Å². The quantitative estimate of drug-likeness (QED) is 0.576. The van der Waals surface area contributed by atoms with Gasteiger partial charge in [-0.3, -0.25) is 29.4 Å². The average Bonchev–Trinajstić information content (AvgIpc) is 3.48. The molecule has 37 heavy (non-hydrogen) atoms. The van der Waals surface area contributed by atoms with Crippen molar-refractivity contribution in [1.82, 2.24) is 30.6 Å². The van der Waals surface area contributed by atoms with Gasteiger partial charge >= 0.3 is 0 Å². The summed E-state index contributed by atoms with van der Waals surface area (Å²) in [4.78, 5) is 57.8. The molecular weight excluding hydrogens is 476 g/mol. The number of carbonyl (C=O) groups excluding carboxylic acids is 4. The first-order chi connectivity index (χ1) is 18.0. The third-order valence-corrected chi connectivity index (χ3v) is 7.63. The molecule has 6 rings (SSSR count). The molecule has 1 aromatic heterocycles. The first-order valence-corrected chi connectivity index (χ1v) is 12.8. The van der Waals surface area contributed by atoms with E-state index in [1.54, 1.807) is 4.90 Å². The van der Waals surface area contributed by atoms with Crippen LogP contribution in [0.5, 0.6) is 0 Å². The van der Waals surface area contributed by atoms with Crippen LogP contribution in [0.15, 0.2) is 40.1 Å². The number of carbonyl (C=O) groups is 4. The summed E-state index contributed by atoms with van der Waals surface area (Å²) in [7, 11) is 0. The third kappa shape index (κ3) is 4.33. The smallest absolute Gasteiger partial charge is 0.278 e. The second-order valence-corrected chi connectivity index (χ2v) is 9.96. The van der Waals surface area contributed by atoms with Gasteiger partial charge in [-0.2, -0.15) is 4.98 Å². The first-order valence-electron chi connectivity index (χ1n) is 12.8. The van der Waals surface area contributed by atoms with Crippen LogP contribution in [-0.4, -0.2) is 69.2 Å². The molecule has 0 spiro atoms. The fourth-order valence-corrected chi connectivity index (χ4v) is 5.75. The molecule has 11 nitrogen and oxygen atoms in total. The number of piperidine rings is 2. The van der Waals surface area contributed by atoms with E-state index in [-0.39, 0.29) is 25.1 Å². The normalized spacial score (nSPS) is 23.1. The first kappa shape index (κ1) is 23.5. The summed E-state index contributed by atoms with van der Waals surface area (Å²) >= 11 is 0. The molecule has 2 aromatic rings. The van der Waals surface area contributed by atoms with E-state index in [9.17, 15) is 19.2 Å². The number of aromatic nitrogens is 2. The summed E-state index contributed by atoms with van der Waals surface area (Å²) in [6.45, 7) is 2.75. The minimum atomic E-state index is -0.979. The lowest BCUT2D eigenvalue weighted by atomic mass is 9.89. The molecule has 11 heteroatoms. The highest BCUT2D eigenvalue weighted by Crippen LogP contribution is 2.35. The molecule has 2 N–H and O–H groups in total. The van der Waals surface area contributed by atoms with Gasteiger partial charge in [0.25, 0.3) is 11.8 Å². The van der Waals surface area contributed by atoms with Gasteiger partial charge in [0.2, 0.25) is 23.5 Å². The maximum atomic E-state index is 13.4. The Morgan fingerprint density at radius 2 is 1.86 bits per heavy atom. The average molecular weight is 505 g/mol. The van der Waals surface area contributed by atoms with Crippen molar-refractivity contribution in [1.29, 1.82) is 0 Å². The Labute approximate surface area is 213 Å². The summed E-state index contributed by atoms with van der Waals surface area (Å²) in [5.41, 5.74) is 2.82. The molecule has 2 saturated heterocycles. The van der Waals surface area contributed by atoms with Crippen molar-refractivity contribution in [3.8, 4) is 11.4 Å². The number of hydrogen-bond donors (Lipinski definition) is 2. The predicted molar refractivity (Wildman–Crippen MR) is 129 cm³/mol. The minimum absolute atomic E-state index is 0.0887. The fraction of sp³-hybridized carbons (Fsp3) is 0.462. The van der Waals surface area contributed by atoms with Crippen molar-refractivity contribution in [2.24, 2.45) is 0 Å². The topological polar surface area (TPSA) is 138 Å². The zero-order valence-corrected chi connectivity index (χ0v) is 20.4. The van der Waals surface area contributed by atoms with E-state index in [0.717, 1.165) is 36.4 Å². The zero-order valence-electron chi connectivity index (χ0n) is 20.4. The summed E-state index contributed by atoms with van der Waals surface area (Å²) in [6.07, 6.45) is 3.54. The number of hydrogen-bond acceptors (Lipinski definition) is 9. The van der Waals surface area contributed by atoms with Crippen LogP contribution in [-0.2, 0) is 25.7 Å². The number of nitrogens with one attached hydrogen (secondary N) is 2.